The van der Waals surface area contributed by atoms with Gasteiger partial charge in [0.2, 0.25) is 0 Å². The molecule has 0 aliphatic heterocycles. The van der Waals surface area contributed by atoms with Crippen molar-refractivity contribution in [2.75, 3.05) is 6.61 Å². The summed E-state index contributed by atoms with van der Waals surface area (Å²) < 4.78 is 5.55. The quantitative estimate of drug-likeness (QED) is 0.742. The number of amides is 1. The Balaban J connectivity index is 2.31. The minimum atomic E-state index is -1.52. The Morgan fingerprint density at radius 1 is 1.12 bits per heavy atom. The summed E-state index contributed by atoms with van der Waals surface area (Å²) in [7, 11) is 0. The van der Waals surface area contributed by atoms with Gasteiger partial charge in [0.15, 0.2) is 6.10 Å². The van der Waals surface area contributed by atoms with Crippen LogP contribution >= 0.6 is 15.9 Å². The molecule has 0 aliphatic carbocycles. The maximum Gasteiger partial charge on any atom is 0.337 e. The highest BCUT2D eigenvalue weighted by Gasteiger charge is 2.31. The van der Waals surface area contributed by atoms with E-state index in [1.165, 1.54) is 0 Å². The number of ether oxygens (including phenoxy) is 1. The molecule has 0 fully saturated rings. The van der Waals surface area contributed by atoms with Crippen LogP contribution in [0.3, 0.4) is 0 Å². The van der Waals surface area contributed by atoms with Crippen molar-refractivity contribution in [3.05, 3.63) is 70.2 Å². The minimum absolute atomic E-state index is 0.144. The second-order valence-electron chi connectivity index (χ2n) is 5.04. The second kappa shape index (κ2) is 8.61. The lowest BCUT2D eigenvalue weighted by Gasteiger charge is -2.24. The fraction of sp³-hybridized carbons (Fsp3) is 0.222. The van der Waals surface area contributed by atoms with E-state index >= 15 is 0 Å². The van der Waals surface area contributed by atoms with Gasteiger partial charge in [-0.05, 0) is 30.7 Å². The number of rotatable bonds is 6. The molecule has 126 valence electrons. The van der Waals surface area contributed by atoms with E-state index in [1.54, 1.807) is 61.5 Å². The van der Waals surface area contributed by atoms with Crippen molar-refractivity contribution in [3.8, 4) is 0 Å². The second-order valence-corrected chi connectivity index (χ2v) is 5.89. The van der Waals surface area contributed by atoms with Crippen molar-refractivity contribution >= 4 is 27.8 Å². The third kappa shape index (κ3) is 4.43. The van der Waals surface area contributed by atoms with Crippen LogP contribution in [0.2, 0.25) is 0 Å². The average molecular weight is 392 g/mol. The molecule has 0 heterocycles. The van der Waals surface area contributed by atoms with E-state index < -0.39 is 18.1 Å². The Labute approximate surface area is 148 Å². The van der Waals surface area contributed by atoms with Gasteiger partial charge in [0, 0.05) is 10.0 Å². The van der Waals surface area contributed by atoms with Crippen LogP contribution in [0.4, 0.5) is 0 Å². The van der Waals surface area contributed by atoms with Gasteiger partial charge in [-0.2, -0.15) is 0 Å². The normalized spacial score (nSPS) is 13.0. The fourth-order valence-corrected chi connectivity index (χ4v) is 2.76. The zero-order valence-electron chi connectivity index (χ0n) is 13.1. The van der Waals surface area contributed by atoms with E-state index in [0.29, 0.717) is 15.6 Å². The van der Waals surface area contributed by atoms with Crippen LogP contribution in [0.15, 0.2) is 59.1 Å². The van der Waals surface area contributed by atoms with Crippen LogP contribution in [-0.2, 0) is 9.53 Å². The summed E-state index contributed by atoms with van der Waals surface area (Å²) in [5.41, 5.74) is 1.02. The maximum atomic E-state index is 12.4. The molecule has 1 amide bonds. The first-order chi connectivity index (χ1) is 11.5. The third-order valence-corrected chi connectivity index (χ3v) is 4.13. The molecule has 0 saturated heterocycles. The number of halogens is 1. The molecule has 2 aromatic carbocycles. The van der Waals surface area contributed by atoms with E-state index in [4.69, 9.17) is 4.74 Å². The van der Waals surface area contributed by atoms with Crippen LogP contribution in [0.5, 0.6) is 0 Å². The number of nitrogens with one attached hydrogen (secondary N) is 1. The number of carbonyl (C=O) groups is 2. The molecule has 24 heavy (non-hydrogen) atoms. The Hall–Kier alpha value is -2.18. The molecule has 0 saturated carbocycles. The predicted octanol–water partition coefficient (Wildman–Crippen LogP) is 2.84. The highest BCUT2D eigenvalue weighted by molar-refractivity contribution is 9.10. The summed E-state index contributed by atoms with van der Waals surface area (Å²) in [5.74, 6) is -1.17. The molecule has 0 aliphatic rings. The zero-order chi connectivity index (χ0) is 17.5. The minimum Gasteiger partial charge on any atom is -0.464 e. The lowest BCUT2D eigenvalue weighted by Crippen LogP contribution is -2.41. The topological polar surface area (TPSA) is 75.6 Å². The number of benzene rings is 2. The first-order valence-corrected chi connectivity index (χ1v) is 8.29. The number of hydrogen-bond donors (Lipinski definition) is 2. The van der Waals surface area contributed by atoms with Gasteiger partial charge >= 0.3 is 5.97 Å². The third-order valence-electron chi connectivity index (χ3n) is 3.41. The fourth-order valence-electron chi connectivity index (χ4n) is 2.23. The highest BCUT2D eigenvalue weighted by atomic mass is 79.9. The number of aliphatic hydroxyl groups is 1. The van der Waals surface area contributed by atoms with Gasteiger partial charge in [0.05, 0.1) is 12.6 Å². The van der Waals surface area contributed by atoms with Crippen LogP contribution in [-0.4, -0.2) is 29.7 Å². The van der Waals surface area contributed by atoms with E-state index in [-0.39, 0.29) is 12.5 Å². The molecule has 0 spiro atoms. The molecule has 2 atom stereocenters. The molecule has 0 unspecified atom stereocenters. The summed E-state index contributed by atoms with van der Waals surface area (Å²) in [6, 6.07) is 14.7. The monoisotopic (exact) mass is 391 g/mol. The maximum absolute atomic E-state index is 12.4. The van der Waals surface area contributed by atoms with Crippen molar-refractivity contribution in [3.63, 3.8) is 0 Å². The molecular formula is C18H18BrNO4. The van der Waals surface area contributed by atoms with E-state index in [2.05, 4.69) is 21.2 Å². The van der Waals surface area contributed by atoms with Gasteiger partial charge in [-0.25, -0.2) is 4.79 Å². The Morgan fingerprint density at radius 3 is 2.38 bits per heavy atom. The number of carbonyl (C=O) groups excluding carboxylic acids is 2. The summed E-state index contributed by atoms with van der Waals surface area (Å²) in [4.78, 5) is 24.4. The first kappa shape index (κ1) is 18.2. The van der Waals surface area contributed by atoms with Gasteiger partial charge in [0.25, 0.3) is 5.91 Å². The van der Waals surface area contributed by atoms with Gasteiger partial charge in [-0.15, -0.1) is 0 Å². The molecule has 0 bridgehead atoms. The summed E-state index contributed by atoms with van der Waals surface area (Å²) >= 11 is 3.38. The first-order valence-electron chi connectivity index (χ1n) is 7.49. The molecule has 2 aromatic rings. The average Bonchev–Trinajstić information content (AvgIpc) is 2.60. The number of aliphatic hydroxyl groups excluding tert-OH is 1. The van der Waals surface area contributed by atoms with Gasteiger partial charge in [0.1, 0.15) is 0 Å². The van der Waals surface area contributed by atoms with E-state index in [9.17, 15) is 14.7 Å². The van der Waals surface area contributed by atoms with Gasteiger partial charge in [-0.3, -0.25) is 4.79 Å². The van der Waals surface area contributed by atoms with E-state index in [1.807, 2.05) is 0 Å². The van der Waals surface area contributed by atoms with Crippen molar-refractivity contribution in [1.29, 1.82) is 0 Å². The molecule has 2 rings (SSSR count). The summed E-state index contributed by atoms with van der Waals surface area (Å²) in [6.45, 7) is 1.80. The molecular weight excluding hydrogens is 374 g/mol. The molecule has 5 nitrogen and oxygen atoms in total. The molecule has 6 heteroatoms. The largest absolute Gasteiger partial charge is 0.464 e. The zero-order valence-corrected chi connectivity index (χ0v) is 14.7. The Kier molecular flexibility index (Phi) is 6.52. The molecule has 2 N–H and O–H groups in total. The lowest BCUT2D eigenvalue weighted by molar-refractivity contribution is -0.154. The van der Waals surface area contributed by atoms with Gasteiger partial charge < -0.3 is 15.2 Å². The van der Waals surface area contributed by atoms with Crippen molar-refractivity contribution in [2.24, 2.45) is 0 Å². The lowest BCUT2D eigenvalue weighted by atomic mass is 10.0. The predicted molar refractivity (Wildman–Crippen MR) is 93.4 cm³/mol. The van der Waals surface area contributed by atoms with Crippen LogP contribution in [0, 0.1) is 0 Å². The van der Waals surface area contributed by atoms with Gasteiger partial charge in [-0.1, -0.05) is 52.3 Å². The Bertz CT molecular complexity index is 705. The number of hydrogen-bond acceptors (Lipinski definition) is 4. The van der Waals surface area contributed by atoms with Crippen LogP contribution < -0.4 is 5.32 Å². The highest BCUT2D eigenvalue weighted by Crippen LogP contribution is 2.26. The Morgan fingerprint density at radius 2 is 1.75 bits per heavy atom. The van der Waals surface area contributed by atoms with Crippen molar-refractivity contribution < 1.29 is 19.4 Å². The van der Waals surface area contributed by atoms with E-state index in [0.717, 1.165) is 0 Å². The van der Waals surface area contributed by atoms with Crippen LogP contribution in [0.25, 0.3) is 0 Å². The summed E-state index contributed by atoms with van der Waals surface area (Å²) in [6.07, 6.45) is -1.52. The SMILES string of the molecule is CCOC(=O)[C@@H](O)[C@@H](NC(=O)c1ccccc1)c1ccccc1Br. The van der Waals surface area contributed by atoms with Crippen molar-refractivity contribution in [2.45, 2.75) is 19.1 Å². The van der Waals surface area contributed by atoms with Crippen molar-refractivity contribution in [1.82, 2.24) is 5.32 Å². The molecule has 0 radical (unpaired) electrons. The number of esters is 1. The standard InChI is InChI=1S/C18H18BrNO4/c1-2-24-18(23)16(21)15(13-10-6-7-11-14(13)19)20-17(22)12-8-4-3-5-9-12/h3-11,15-16,21H,2H2,1H3,(H,20,22)/t15-,16-/m0/s1. The molecule has 0 aromatic heterocycles. The smallest absolute Gasteiger partial charge is 0.337 e. The van der Waals surface area contributed by atoms with Crippen LogP contribution in [0.1, 0.15) is 28.9 Å². The summed E-state index contributed by atoms with van der Waals surface area (Å²) in [5, 5.41) is 13.1.